The summed E-state index contributed by atoms with van der Waals surface area (Å²) in [5.74, 6) is -0.480. The number of aryl methyl sites for hydroxylation is 1. The molecule has 3 rings (SSSR count). The van der Waals surface area contributed by atoms with Crippen LogP contribution in [0.4, 0.5) is 5.69 Å². The van der Waals surface area contributed by atoms with Crippen molar-refractivity contribution in [3.05, 3.63) is 38.9 Å². The number of primary amides is 1. The van der Waals surface area contributed by atoms with Crippen LogP contribution in [0.25, 0.3) is 0 Å². The van der Waals surface area contributed by atoms with Gasteiger partial charge in [-0.1, -0.05) is 18.2 Å². The first kappa shape index (κ1) is 21.7. The highest BCUT2D eigenvalue weighted by atomic mass is 32.2. The molecule has 0 unspecified atom stereocenters. The molecule has 1 aliphatic heterocycles. The average Bonchev–Trinajstić information content (AvgIpc) is 3.00. The summed E-state index contributed by atoms with van der Waals surface area (Å²) < 4.78 is 27.5. The van der Waals surface area contributed by atoms with E-state index < -0.39 is 20.9 Å². The van der Waals surface area contributed by atoms with E-state index in [1.54, 1.807) is 6.92 Å². The van der Waals surface area contributed by atoms with Crippen LogP contribution in [0.2, 0.25) is 0 Å². The molecule has 29 heavy (non-hydrogen) atoms. The maximum absolute atomic E-state index is 12.8. The first-order valence-corrected chi connectivity index (χ1v) is 12.0. The molecule has 1 aromatic carbocycles. The van der Waals surface area contributed by atoms with Gasteiger partial charge in [-0.25, -0.2) is 13.4 Å². The fourth-order valence-electron chi connectivity index (χ4n) is 3.00. The Morgan fingerprint density at radius 1 is 1.34 bits per heavy atom. The van der Waals surface area contributed by atoms with Gasteiger partial charge in [0.05, 0.1) is 26.8 Å². The van der Waals surface area contributed by atoms with Crippen LogP contribution in [0, 0.1) is 17.0 Å². The number of thiazole rings is 1. The van der Waals surface area contributed by atoms with E-state index in [1.165, 1.54) is 27.8 Å². The SMILES string of the molecule is Cc1nc(Sc2ccc(S(=O)(=O)N3CCCCC3)cc2[N+](=O)[O-])sc1CC(N)=O. The molecule has 0 spiro atoms. The number of sulfonamides is 1. The van der Waals surface area contributed by atoms with Crippen molar-refractivity contribution in [2.75, 3.05) is 13.1 Å². The van der Waals surface area contributed by atoms with Crippen molar-refractivity contribution in [3.63, 3.8) is 0 Å². The molecule has 0 saturated carbocycles. The topological polar surface area (TPSA) is 136 Å². The third kappa shape index (κ3) is 4.94. The zero-order valence-electron chi connectivity index (χ0n) is 15.7. The second-order valence-corrected chi connectivity index (χ2v) is 10.9. The van der Waals surface area contributed by atoms with Crippen LogP contribution in [0.15, 0.2) is 32.3 Å². The van der Waals surface area contributed by atoms with Crippen LogP contribution in [0.3, 0.4) is 0 Å². The summed E-state index contributed by atoms with van der Waals surface area (Å²) in [6, 6.07) is 3.94. The molecule has 1 saturated heterocycles. The van der Waals surface area contributed by atoms with Gasteiger partial charge in [-0.05, 0) is 31.9 Å². The molecule has 1 amide bonds. The predicted molar refractivity (Wildman–Crippen MR) is 110 cm³/mol. The molecule has 156 valence electrons. The lowest BCUT2D eigenvalue weighted by molar-refractivity contribution is -0.388. The van der Waals surface area contributed by atoms with Crippen LogP contribution >= 0.6 is 23.1 Å². The van der Waals surface area contributed by atoms with E-state index in [9.17, 15) is 23.3 Å². The minimum absolute atomic E-state index is 0.0547. The number of piperidine rings is 1. The summed E-state index contributed by atoms with van der Waals surface area (Å²) in [5.41, 5.74) is 5.57. The van der Waals surface area contributed by atoms with Gasteiger partial charge in [0.15, 0.2) is 4.34 Å². The summed E-state index contributed by atoms with van der Waals surface area (Å²) >= 11 is 2.30. The highest BCUT2D eigenvalue weighted by molar-refractivity contribution is 8.01. The van der Waals surface area contributed by atoms with Crippen molar-refractivity contribution >= 4 is 44.7 Å². The Hall–Kier alpha value is -2.02. The number of nitrogens with two attached hydrogens (primary N) is 1. The summed E-state index contributed by atoms with van der Waals surface area (Å²) in [5, 5.41) is 11.6. The number of nitrogens with zero attached hydrogens (tertiary/aromatic N) is 3. The first-order chi connectivity index (χ1) is 13.7. The van der Waals surface area contributed by atoms with Crippen LogP contribution in [-0.2, 0) is 21.2 Å². The Labute approximate surface area is 176 Å². The molecule has 0 aliphatic carbocycles. The summed E-state index contributed by atoms with van der Waals surface area (Å²) in [6.07, 6.45) is 2.60. The van der Waals surface area contributed by atoms with E-state index in [0.29, 0.717) is 28.0 Å². The molecule has 2 heterocycles. The number of amides is 1. The number of carbonyl (C=O) groups excluding carboxylic acids is 1. The van der Waals surface area contributed by atoms with E-state index in [2.05, 4.69) is 4.98 Å². The highest BCUT2D eigenvalue weighted by Crippen LogP contribution is 2.39. The Morgan fingerprint density at radius 3 is 2.66 bits per heavy atom. The number of rotatable bonds is 7. The zero-order valence-corrected chi connectivity index (χ0v) is 18.1. The standard InChI is InChI=1S/C17H20N4O5S3/c1-11-15(10-16(18)22)28-17(19-11)27-14-6-5-12(9-13(14)21(23)24)29(25,26)20-7-3-2-4-8-20/h5-6,9H,2-4,7-8,10H2,1H3,(H2,18,22). The van der Waals surface area contributed by atoms with Gasteiger partial charge in [0.25, 0.3) is 5.69 Å². The number of hydrogen-bond donors (Lipinski definition) is 1. The number of hydrogen-bond acceptors (Lipinski definition) is 8. The molecule has 2 N–H and O–H groups in total. The molecule has 0 bridgehead atoms. The Kier molecular flexibility index (Phi) is 6.56. The third-order valence-corrected chi connectivity index (χ3v) is 8.66. The van der Waals surface area contributed by atoms with Crippen LogP contribution < -0.4 is 5.73 Å². The summed E-state index contributed by atoms with van der Waals surface area (Å²) in [4.78, 5) is 27.4. The molecule has 9 nitrogen and oxygen atoms in total. The van der Waals surface area contributed by atoms with Crippen molar-refractivity contribution in [3.8, 4) is 0 Å². The van der Waals surface area contributed by atoms with Crippen LogP contribution in [-0.4, -0.2) is 41.6 Å². The predicted octanol–water partition coefficient (Wildman–Crippen LogP) is 2.71. The number of nitro groups is 1. The van der Waals surface area contributed by atoms with Crippen LogP contribution in [0.5, 0.6) is 0 Å². The smallest absolute Gasteiger partial charge is 0.284 e. The number of aromatic nitrogens is 1. The lowest BCUT2D eigenvalue weighted by atomic mass is 10.2. The number of carbonyl (C=O) groups is 1. The Bertz CT molecular complexity index is 1050. The molecule has 0 atom stereocenters. The maximum atomic E-state index is 12.8. The van der Waals surface area contributed by atoms with Gasteiger partial charge >= 0.3 is 0 Å². The normalized spacial score (nSPS) is 15.3. The van der Waals surface area contributed by atoms with Gasteiger partial charge in [-0.2, -0.15) is 4.31 Å². The van der Waals surface area contributed by atoms with Gasteiger partial charge < -0.3 is 5.73 Å². The second-order valence-electron chi connectivity index (χ2n) is 6.58. The molecular weight excluding hydrogens is 436 g/mol. The third-order valence-electron chi connectivity index (χ3n) is 4.49. The Morgan fingerprint density at radius 2 is 2.03 bits per heavy atom. The minimum atomic E-state index is -3.77. The second kappa shape index (κ2) is 8.78. The van der Waals surface area contributed by atoms with Crippen molar-refractivity contribution in [2.24, 2.45) is 5.73 Å². The molecule has 2 aromatic rings. The van der Waals surface area contributed by atoms with Gasteiger partial charge in [0.1, 0.15) is 0 Å². The average molecular weight is 457 g/mol. The monoisotopic (exact) mass is 456 g/mol. The van der Waals surface area contributed by atoms with E-state index in [4.69, 9.17) is 5.73 Å². The summed E-state index contributed by atoms with van der Waals surface area (Å²) in [6.45, 7) is 2.59. The molecule has 1 aromatic heterocycles. The lowest BCUT2D eigenvalue weighted by Gasteiger charge is -2.25. The quantitative estimate of drug-likeness (QED) is 0.499. The van der Waals surface area contributed by atoms with E-state index in [-0.39, 0.29) is 21.9 Å². The fourth-order valence-corrected chi connectivity index (χ4v) is 6.82. The van der Waals surface area contributed by atoms with Gasteiger partial charge in [-0.15, -0.1) is 11.3 Å². The fraction of sp³-hybridized carbons (Fsp3) is 0.412. The highest BCUT2D eigenvalue weighted by Gasteiger charge is 2.29. The van der Waals surface area contributed by atoms with Crippen molar-refractivity contribution in [1.29, 1.82) is 0 Å². The summed E-state index contributed by atoms with van der Waals surface area (Å²) in [7, 11) is -3.77. The van der Waals surface area contributed by atoms with Crippen molar-refractivity contribution in [2.45, 2.75) is 46.7 Å². The van der Waals surface area contributed by atoms with Gasteiger partial charge in [0.2, 0.25) is 15.9 Å². The molecular formula is C17H20N4O5S3. The van der Waals surface area contributed by atoms with Crippen molar-refractivity contribution < 1.29 is 18.1 Å². The molecule has 0 radical (unpaired) electrons. The van der Waals surface area contributed by atoms with Gasteiger partial charge in [0, 0.05) is 24.0 Å². The molecule has 1 aliphatic rings. The van der Waals surface area contributed by atoms with Crippen LogP contribution in [0.1, 0.15) is 29.8 Å². The van der Waals surface area contributed by atoms with Crippen molar-refractivity contribution in [1.82, 2.24) is 9.29 Å². The molecule has 1 fully saturated rings. The van der Waals surface area contributed by atoms with E-state index in [0.717, 1.165) is 37.1 Å². The number of nitro benzene ring substituents is 1. The number of benzene rings is 1. The van der Waals surface area contributed by atoms with Gasteiger partial charge in [-0.3, -0.25) is 14.9 Å². The van der Waals surface area contributed by atoms with E-state index >= 15 is 0 Å². The minimum Gasteiger partial charge on any atom is -0.369 e. The van der Waals surface area contributed by atoms with E-state index in [1.807, 2.05) is 0 Å². The zero-order chi connectivity index (χ0) is 21.2. The largest absolute Gasteiger partial charge is 0.369 e. The maximum Gasteiger partial charge on any atom is 0.284 e. The molecule has 12 heteroatoms. The first-order valence-electron chi connectivity index (χ1n) is 8.89. The lowest BCUT2D eigenvalue weighted by Crippen LogP contribution is -2.35. The Balaban J connectivity index is 1.91.